The highest BCUT2D eigenvalue weighted by Gasteiger charge is 2.10. The van der Waals surface area contributed by atoms with Gasteiger partial charge in [0.25, 0.3) is 0 Å². The van der Waals surface area contributed by atoms with Crippen LogP contribution < -0.4 is 5.32 Å². The van der Waals surface area contributed by atoms with E-state index in [0.717, 1.165) is 22.8 Å². The van der Waals surface area contributed by atoms with Crippen molar-refractivity contribution in [1.82, 2.24) is 5.32 Å². The molecule has 0 bridgehead atoms. The maximum atomic E-state index is 6.20. The van der Waals surface area contributed by atoms with Gasteiger partial charge in [0.2, 0.25) is 0 Å². The van der Waals surface area contributed by atoms with Crippen molar-refractivity contribution in [2.75, 3.05) is 6.26 Å². The van der Waals surface area contributed by atoms with Gasteiger partial charge in [0.15, 0.2) is 0 Å². The van der Waals surface area contributed by atoms with E-state index in [-0.39, 0.29) is 6.04 Å². The molecule has 1 heterocycles. The summed E-state index contributed by atoms with van der Waals surface area (Å²) in [5.74, 6) is 2.84. The molecule has 0 amide bonds. The molecule has 0 saturated heterocycles. The van der Waals surface area contributed by atoms with Crippen LogP contribution in [0.4, 0.5) is 0 Å². The van der Waals surface area contributed by atoms with Crippen molar-refractivity contribution >= 4 is 35.0 Å². The summed E-state index contributed by atoms with van der Waals surface area (Å²) >= 11 is 13.9. The number of nitrogens with one attached hydrogen (secondary N) is 1. The fraction of sp³-hybridized carbons (Fsp3) is 0.333. The first kappa shape index (κ1) is 15.8. The molecule has 108 valence electrons. The number of rotatable bonds is 6. The molecule has 0 fully saturated rings. The second-order valence-corrected chi connectivity index (χ2v) is 6.28. The van der Waals surface area contributed by atoms with Crippen LogP contribution in [-0.2, 0) is 12.3 Å². The minimum atomic E-state index is 0.133. The van der Waals surface area contributed by atoms with E-state index in [1.807, 2.05) is 24.3 Å². The van der Waals surface area contributed by atoms with Crippen LogP contribution in [0.15, 0.2) is 34.7 Å². The lowest BCUT2D eigenvalue weighted by atomic mass is 10.1. The fourth-order valence-corrected chi connectivity index (χ4v) is 2.97. The Bertz CT molecular complexity index is 571. The SMILES string of the molecule is CSCc1ccc(CNC(C)c2ccc(Cl)cc2Cl)o1. The van der Waals surface area contributed by atoms with E-state index in [1.165, 1.54) is 0 Å². The van der Waals surface area contributed by atoms with Crippen molar-refractivity contribution in [3.63, 3.8) is 0 Å². The van der Waals surface area contributed by atoms with E-state index >= 15 is 0 Å². The van der Waals surface area contributed by atoms with E-state index in [9.17, 15) is 0 Å². The van der Waals surface area contributed by atoms with E-state index < -0.39 is 0 Å². The van der Waals surface area contributed by atoms with E-state index in [4.69, 9.17) is 27.6 Å². The van der Waals surface area contributed by atoms with Crippen molar-refractivity contribution in [3.05, 3.63) is 57.5 Å². The van der Waals surface area contributed by atoms with Gasteiger partial charge in [-0.15, -0.1) is 0 Å². The molecule has 0 spiro atoms. The predicted octanol–water partition coefficient (Wildman–Crippen LogP) is 5.30. The van der Waals surface area contributed by atoms with Crippen molar-refractivity contribution in [2.24, 2.45) is 0 Å². The minimum absolute atomic E-state index is 0.133. The van der Waals surface area contributed by atoms with Gasteiger partial charge in [-0.1, -0.05) is 29.3 Å². The Kier molecular flexibility index (Phi) is 5.85. The van der Waals surface area contributed by atoms with Crippen LogP contribution in [-0.4, -0.2) is 6.26 Å². The third kappa shape index (κ3) is 4.19. The summed E-state index contributed by atoms with van der Waals surface area (Å²) < 4.78 is 5.72. The molecule has 0 aliphatic heterocycles. The Morgan fingerprint density at radius 3 is 2.65 bits per heavy atom. The van der Waals surface area contributed by atoms with Gasteiger partial charge in [-0.3, -0.25) is 0 Å². The second-order valence-electron chi connectivity index (χ2n) is 4.57. The summed E-state index contributed by atoms with van der Waals surface area (Å²) in [4.78, 5) is 0. The molecular formula is C15H17Cl2NOS. The normalized spacial score (nSPS) is 12.6. The zero-order valence-electron chi connectivity index (χ0n) is 11.5. The Morgan fingerprint density at radius 1 is 1.20 bits per heavy atom. The molecule has 1 unspecified atom stereocenters. The number of thioether (sulfide) groups is 1. The summed E-state index contributed by atoms with van der Waals surface area (Å²) in [6, 6.07) is 9.73. The zero-order chi connectivity index (χ0) is 14.5. The van der Waals surface area contributed by atoms with Crippen molar-refractivity contribution < 1.29 is 4.42 Å². The smallest absolute Gasteiger partial charge is 0.118 e. The van der Waals surface area contributed by atoms with Gasteiger partial charge < -0.3 is 9.73 Å². The van der Waals surface area contributed by atoms with E-state index in [1.54, 1.807) is 17.8 Å². The first-order valence-corrected chi connectivity index (χ1v) is 8.50. The molecule has 0 aliphatic carbocycles. The van der Waals surface area contributed by atoms with Crippen LogP contribution in [0.3, 0.4) is 0 Å². The Balaban J connectivity index is 1.95. The maximum absolute atomic E-state index is 6.20. The minimum Gasteiger partial charge on any atom is -0.464 e. The molecule has 0 aliphatic rings. The number of halogens is 2. The average Bonchev–Trinajstić information content (AvgIpc) is 2.84. The van der Waals surface area contributed by atoms with Gasteiger partial charge in [-0.2, -0.15) is 11.8 Å². The van der Waals surface area contributed by atoms with Crippen LogP contribution in [0.1, 0.15) is 30.0 Å². The first-order valence-electron chi connectivity index (χ1n) is 6.35. The van der Waals surface area contributed by atoms with Crippen molar-refractivity contribution in [2.45, 2.75) is 25.3 Å². The van der Waals surface area contributed by atoms with Gasteiger partial charge in [0, 0.05) is 16.1 Å². The molecular weight excluding hydrogens is 313 g/mol. The highest BCUT2D eigenvalue weighted by Crippen LogP contribution is 2.26. The Labute approximate surface area is 133 Å². The lowest BCUT2D eigenvalue weighted by Crippen LogP contribution is -2.18. The molecule has 5 heteroatoms. The van der Waals surface area contributed by atoms with Crippen molar-refractivity contribution in [3.8, 4) is 0 Å². The lowest BCUT2D eigenvalue weighted by Gasteiger charge is -2.15. The fourth-order valence-electron chi connectivity index (χ4n) is 1.95. The van der Waals surface area contributed by atoms with E-state index in [2.05, 4.69) is 18.5 Å². The molecule has 1 N–H and O–H groups in total. The number of hydrogen-bond acceptors (Lipinski definition) is 3. The van der Waals surface area contributed by atoms with Crippen molar-refractivity contribution in [1.29, 1.82) is 0 Å². The summed E-state index contributed by atoms with van der Waals surface area (Å²) in [5, 5.41) is 4.73. The standard InChI is InChI=1S/C15H17Cl2NOS/c1-10(14-6-3-11(16)7-15(14)17)18-8-12-4-5-13(19-12)9-20-2/h3-7,10,18H,8-9H2,1-2H3. The molecule has 20 heavy (non-hydrogen) atoms. The molecule has 2 aromatic rings. The molecule has 1 atom stereocenters. The Hall–Kier alpha value is -0.610. The summed E-state index contributed by atoms with van der Waals surface area (Å²) in [6.07, 6.45) is 2.06. The predicted molar refractivity (Wildman–Crippen MR) is 87.6 cm³/mol. The van der Waals surface area contributed by atoms with Crippen LogP contribution >= 0.6 is 35.0 Å². The quantitative estimate of drug-likeness (QED) is 0.778. The Morgan fingerprint density at radius 2 is 1.95 bits per heavy atom. The van der Waals surface area contributed by atoms with Crippen LogP contribution in [0.5, 0.6) is 0 Å². The number of hydrogen-bond donors (Lipinski definition) is 1. The molecule has 2 rings (SSSR count). The third-order valence-electron chi connectivity index (χ3n) is 3.02. The molecule has 2 nitrogen and oxygen atoms in total. The topological polar surface area (TPSA) is 25.2 Å². The molecule has 1 aromatic carbocycles. The van der Waals surface area contributed by atoms with Gasteiger partial charge in [0.05, 0.1) is 12.3 Å². The van der Waals surface area contributed by atoms with Gasteiger partial charge >= 0.3 is 0 Å². The van der Waals surface area contributed by atoms with Gasteiger partial charge in [-0.25, -0.2) is 0 Å². The van der Waals surface area contributed by atoms with Crippen LogP contribution in [0, 0.1) is 0 Å². The largest absolute Gasteiger partial charge is 0.464 e. The van der Waals surface area contributed by atoms with Crippen LogP contribution in [0.25, 0.3) is 0 Å². The zero-order valence-corrected chi connectivity index (χ0v) is 13.8. The third-order valence-corrected chi connectivity index (χ3v) is 4.15. The number of benzene rings is 1. The molecule has 0 radical (unpaired) electrons. The second kappa shape index (κ2) is 7.41. The van der Waals surface area contributed by atoms with E-state index in [0.29, 0.717) is 16.6 Å². The van der Waals surface area contributed by atoms with Gasteiger partial charge in [-0.05, 0) is 43.0 Å². The molecule has 0 saturated carbocycles. The summed E-state index contributed by atoms with van der Waals surface area (Å²) in [6.45, 7) is 2.75. The summed E-state index contributed by atoms with van der Waals surface area (Å²) in [5.41, 5.74) is 1.03. The monoisotopic (exact) mass is 329 g/mol. The molecule has 1 aromatic heterocycles. The highest BCUT2D eigenvalue weighted by atomic mass is 35.5. The lowest BCUT2D eigenvalue weighted by molar-refractivity contribution is 0.442. The average molecular weight is 330 g/mol. The number of furan rings is 1. The maximum Gasteiger partial charge on any atom is 0.118 e. The first-order chi connectivity index (χ1) is 9.60. The van der Waals surface area contributed by atoms with Crippen LogP contribution in [0.2, 0.25) is 10.0 Å². The van der Waals surface area contributed by atoms with Gasteiger partial charge in [0.1, 0.15) is 11.5 Å². The summed E-state index contributed by atoms with van der Waals surface area (Å²) in [7, 11) is 0. The highest BCUT2D eigenvalue weighted by molar-refractivity contribution is 7.97.